The SMILES string of the molecule is CC(=O)C1CCCCN1CC=Cc1ccccc1. The van der Waals surface area contributed by atoms with Crippen molar-refractivity contribution in [1.82, 2.24) is 4.90 Å². The molecule has 1 fully saturated rings. The van der Waals surface area contributed by atoms with Crippen molar-refractivity contribution in [3.05, 3.63) is 42.0 Å². The molecule has 18 heavy (non-hydrogen) atoms. The molecule has 1 saturated heterocycles. The van der Waals surface area contributed by atoms with Gasteiger partial charge in [0.1, 0.15) is 5.78 Å². The second-order valence-electron chi connectivity index (χ2n) is 4.93. The lowest BCUT2D eigenvalue weighted by Crippen LogP contribution is -2.43. The predicted molar refractivity (Wildman–Crippen MR) is 75.4 cm³/mol. The molecular weight excluding hydrogens is 222 g/mol. The molecule has 2 nitrogen and oxygen atoms in total. The van der Waals surface area contributed by atoms with E-state index in [9.17, 15) is 4.79 Å². The Morgan fingerprint density at radius 3 is 2.83 bits per heavy atom. The summed E-state index contributed by atoms with van der Waals surface area (Å²) >= 11 is 0. The third-order valence-electron chi connectivity index (χ3n) is 3.53. The minimum absolute atomic E-state index is 0.138. The molecule has 2 heteroatoms. The molecule has 96 valence electrons. The Hall–Kier alpha value is -1.41. The molecule has 0 amide bonds. The average Bonchev–Trinajstić information content (AvgIpc) is 2.40. The van der Waals surface area contributed by atoms with Crippen LogP contribution in [-0.2, 0) is 4.79 Å². The molecule has 0 aromatic heterocycles. The van der Waals surface area contributed by atoms with Gasteiger partial charge < -0.3 is 0 Å². The zero-order valence-corrected chi connectivity index (χ0v) is 11.0. The molecular formula is C16H21NO. The molecule has 0 saturated carbocycles. The average molecular weight is 243 g/mol. The van der Waals surface area contributed by atoms with Crippen molar-refractivity contribution >= 4 is 11.9 Å². The molecule has 0 spiro atoms. The molecule has 1 aromatic rings. The van der Waals surface area contributed by atoms with Gasteiger partial charge in [0.2, 0.25) is 0 Å². The number of Topliss-reactive ketones (excluding diaryl/α,β-unsaturated/α-hetero) is 1. The fourth-order valence-corrected chi connectivity index (χ4v) is 2.56. The predicted octanol–water partition coefficient (Wildman–Crippen LogP) is 3.14. The van der Waals surface area contributed by atoms with Crippen LogP contribution >= 0.6 is 0 Å². The molecule has 0 aliphatic carbocycles. The first-order valence-electron chi connectivity index (χ1n) is 6.73. The van der Waals surface area contributed by atoms with Gasteiger partial charge in [-0.15, -0.1) is 0 Å². The molecule has 0 N–H and O–H groups in total. The smallest absolute Gasteiger partial charge is 0.146 e. The van der Waals surface area contributed by atoms with Crippen LogP contribution in [0.4, 0.5) is 0 Å². The number of hydrogen-bond acceptors (Lipinski definition) is 2. The lowest BCUT2D eigenvalue weighted by molar-refractivity contribution is -0.123. The highest BCUT2D eigenvalue weighted by Crippen LogP contribution is 2.17. The fourth-order valence-electron chi connectivity index (χ4n) is 2.56. The van der Waals surface area contributed by atoms with Crippen molar-refractivity contribution in [2.45, 2.75) is 32.2 Å². The van der Waals surface area contributed by atoms with Crippen LogP contribution in [0.3, 0.4) is 0 Å². The van der Waals surface area contributed by atoms with E-state index in [-0.39, 0.29) is 6.04 Å². The van der Waals surface area contributed by atoms with E-state index in [0.29, 0.717) is 5.78 Å². The Morgan fingerprint density at radius 2 is 2.11 bits per heavy atom. The molecule has 0 bridgehead atoms. The summed E-state index contributed by atoms with van der Waals surface area (Å²) in [7, 11) is 0. The van der Waals surface area contributed by atoms with E-state index >= 15 is 0 Å². The van der Waals surface area contributed by atoms with Gasteiger partial charge in [-0.3, -0.25) is 9.69 Å². The van der Waals surface area contributed by atoms with Crippen molar-refractivity contribution in [3.8, 4) is 0 Å². The third kappa shape index (κ3) is 3.54. The van der Waals surface area contributed by atoms with Gasteiger partial charge in [-0.05, 0) is 31.9 Å². The van der Waals surface area contributed by atoms with Crippen LogP contribution in [0.25, 0.3) is 6.08 Å². The first-order valence-corrected chi connectivity index (χ1v) is 6.73. The molecule has 1 aliphatic heterocycles. The summed E-state index contributed by atoms with van der Waals surface area (Å²) in [6.45, 7) is 3.63. The monoisotopic (exact) mass is 243 g/mol. The van der Waals surface area contributed by atoms with Gasteiger partial charge in [0.25, 0.3) is 0 Å². The standard InChI is InChI=1S/C16H21NO/c1-14(18)16-11-5-6-12-17(16)13-7-10-15-8-3-2-4-9-15/h2-4,7-10,16H,5-6,11-13H2,1H3. The Labute approximate surface area is 109 Å². The summed E-state index contributed by atoms with van der Waals surface area (Å²) in [5.74, 6) is 0.308. The number of ketones is 1. The Kier molecular flexibility index (Phi) is 4.71. The van der Waals surface area contributed by atoms with Gasteiger partial charge in [-0.2, -0.15) is 0 Å². The minimum atomic E-state index is 0.138. The molecule has 1 unspecified atom stereocenters. The molecule has 1 atom stereocenters. The summed E-state index contributed by atoms with van der Waals surface area (Å²) in [6.07, 6.45) is 7.71. The largest absolute Gasteiger partial charge is 0.298 e. The number of piperidine rings is 1. The quantitative estimate of drug-likeness (QED) is 0.809. The zero-order chi connectivity index (χ0) is 12.8. The van der Waals surface area contributed by atoms with E-state index in [1.54, 1.807) is 6.92 Å². The molecule has 1 aromatic carbocycles. The topological polar surface area (TPSA) is 20.3 Å². The summed E-state index contributed by atoms with van der Waals surface area (Å²) in [5, 5.41) is 0. The van der Waals surface area contributed by atoms with Gasteiger partial charge in [0.05, 0.1) is 6.04 Å². The van der Waals surface area contributed by atoms with E-state index in [1.165, 1.54) is 18.4 Å². The Morgan fingerprint density at radius 1 is 1.33 bits per heavy atom. The fraction of sp³-hybridized carbons (Fsp3) is 0.438. The second kappa shape index (κ2) is 6.50. The van der Waals surface area contributed by atoms with Gasteiger partial charge in [0.15, 0.2) is 0 Å². The van der Waals surface area contributed by atoms with E-state index in [2.05, 4.69) is 29.2 Å². The van der Waals surface area contributed by atoms with E-state index in [0.717, 1.165) is 19.5 Å². The van der Waals surface area contributed by atoms with Crippen LogP contribution in [0.5, 0.6) is 0 Å². The van der Waals surface area contributed by atoms with E-state index in [1.807, 2.05) is 18.2 Å². The third-order valence-corrected chi connectivity index (χ3v) is 3.53. The van der Waals surface area contributed by atoms with E-state index < -0.39 is 0 Å². The summed E-state index contributed by atoms with van der Waals surface area (Å²) in [4.78, 5) is 13.9. The van der Waals surface area contributed by atoms with Crippen molar-refractivity contribution in [3.63, 3.8) is 0 Å². The van der Waals surface area contributed by atoms with Crippen LogP contribution in [0.15, 0.2) is 36.4 Å². The minimum Gasteiger partial charge on any atom is -0.298 e. The van der Waals surface area contributed by atoms with Crippen molar-refractivity contribution in [1.29, 1.82) is 0 Å². The number of rotatable bonds is 4. The first kappa shape index (κ1) is 13.0. The lowest BCUT2D eigenvalue weighted by Gasteiger charge is -2.33. The molecule has 0 radical (unpaired) electrons. The van der Waals surface area contributed by atoms with Crippen LogP contribution in [0.2, 0.25) is 0 Å². The molecule has 2 rings (SSSR count). The van der Waals surface area contributed by atoms with Crippen molar-refractivity contribution < 1.29 is 4.79 Å². The number of carbonyl (C=O) groups is 1. The maximum atomic E-state index is 11.6. The van der Waals surface area contributed by atoms with Crippen LogP contribution in [0.1, 0.15) is 31.7 Å². The summed E-state index contributed by atoms with van der Waals surface area (Å²) in [6, 6.07) is 10.4. The lowest BCUT2D eigenvalue weighted by atomic mass is 9.99. The number of hydrogen-bond donors (Lipinski definition) is 0. The van der Waals surface area contributed by atoms with Gasteiger partial charge >= 0.3 is 0 Å². The van der Waals surface area contributed by atoms with Crippen LogP contribution < -0.4 is 0 Å². The van der Waals surface area contributed by atoms with Crippen LogP contribution in [-0.4, -0.2) is 29.8 Å². The van der Waals surface area contributed by atoms with Gasteiger partial charge in [0, 0.05) is 6.54 Å². The van der Waals surface area contributed by atoms with Gasteiger partial charge in [-0.25, -0.2) is 0 Å². The highest BCUT2D eigenvalue weighted by molar-refractivity contribution is 5.81. The summed E-state index contributed by atoms with van der Waals surface area (Å²) in [5.41, 5.74) is 1.22. The number of carbonyl (C=O) groups excluding carboxylic acids is 1. The first-order chi connectivity index (χ1) is 8.77. The van der Waals surface area contributed by atoms with E-state index in [4.69, 9.17) is 0 Å². The van der Waals surface area contributed by atoms with Crippen LogP contribution in [0, 0.1) is 0 Å². The maximum absolute atomic E-state index is 11.6. The number of likely N-dealkylation sites (tertiary alicyclic amines) is 1. The molecule has 1 aliphatic rings. The van der Waals surface area contributed by atoms with Gasteiger partial charge in [-0.1, -0.05) is 48.9 Å². The molecule has 1 heterocycles. The maximum Gasteiger partial charge on any atom is 0.146 e. The number of nitrogens with zero attached hydrogens (tertiary/aromatic N) is 1. The second-order valence-corrected chi connectivity index (χ2v) is 4.93. The van der Waals surface area contributed by atoms with Crippen molar-refractivity contribution in [2.24, 2.45) is 0 Å². The Bertz CT molecular complexity index is 410. The normalized spacial score (nSPS) is 21.3. The number of benzene rings is 1. The highest BCUT2D eigenvalue weighted by atomic mass is 16.1. The zero-order valence-electron chi connectivity index (χ0n) is 11.0. The summed E-state index contributed by atoms with van der Waals surface area (Å²) < 4.78 is 0. The Balaban J connectivity index is 1.92. The van der Waals surface area contributed by atoms with Crippen molar-refractivity contribution in [2.75, 3.05) is 13.1 Å². The highest BCUT2D eigenvalue weighted by Gasteiger charge is 2.24.